The summed E-state index contributed by atoms with van der Waals surface area (Å²) in [5.74, 6) is 0.558. The Morgan fingerprint density at radius 1 is 1.14 bits per heavy atom. The van der Waals surface area contributed by atoms with Crippen LogP contribution >= 0.6 is 0 Å². The number of carbonyl (C=O) groups is 2. The monoisotopic (exact) mass is 296 g/mol. The zero-order chi connectivity index (χ0) is 15.1. The van der Waals surface area contributed by atoms with Crippen molar-refractivity contribution in [1.82, 2.24) is 20.9 Å². The topological polar surface area (TPSA) is 73.5 Å². The van der Waals surface area contributed by atoms with Gasteiger partial charge < -0.3 is 20.9 Å². The first-order valence-electron chi connectivity index (χ1n) is 8.15. The molecule has 6 heteroatoms. The number of nitrogens with zero attached hydrogens (tertiary/aromatic N) is 1. The Labute approximate surface area is 127 Å². The highest BCUT2D eigenvalue weighted by atomic mass is 16.2. The van der Waals surface area contributed by atoms with Gasteiger partial charge in [0.15, 0.2) is 0 Å². The molecular weight excluding hydrogens is 268 g/mol. The molecule has 6 nitrogen and oxygen atoms in total. The molecule has 3 amide bonds. The second-order valence-electron chi connectivity index (χ2n) is 6.21. The van der Waals surface area contributed by atoms with Crippen molar-refractivity contribution >= 4 is 11.9 Å². The summed E-state index contributed by atoms with van der Waals surface area (Å²) in [6, 6.07) is 0.0712. The molecule has 0 aromatic rings. The van der Waals surface area contributed by atoms with Crippen LogP contribution in [0.2, 0.25) is 0 Å². The first-order chi connectivity index (χ1) is 10.2. The van der Waals surface area contributed by atoms with Crippen molar-refractivity contribution in [3.05, 3.63) is 0 Å². The van der Waals surface area contributed by atoms with Gasteiger partial charge in [-0.2, -0.15) is 0 Å². The first kappa shape index (κ1) is 16.1. The van der Waals surface area contributed by atoms with Gasteiger partial charge in [-0.1, -0.05) is 19.3 Å². The number of hydrogen-bond acceptors (Lipinski definition) is 3. The van der Waals surface area contributed by atoms with E-state index in [1.54, 1.807) is 0 Å². The summed E-state index contributed by atoms with van der Waals surface area (Å²) < 4.78 is 0. The maximum Gasteiger partial charge on any atom is 0.315 e. The third-order valence-electron chi connectivity index (χ3n) is 4.47. The van der Waals surface area contributed by atoms with Crippen molar-refractivity contribution in [2.24, 2.45) is 5.92 Å². The van der Waals surface area contributed by atoms with Crippen LogP contribution in [0.25, 0.3) is 0 Å². The van der Waals surface area contributed by atoms with Gasteiger partial charge in [-0.3, -0.25) is 4.79 Å². The Bertz CT molecular complexity index is 356. The number of hydrogen-bond donors (Lipinski definition) is 3. The van der Waals surface area contributed by atoms with Gasteiger partial charge in [-0.15, -0.1) is 0 Å². The quantitative estimate of drug-likeness (QED) is 0.699. The number of likely N-dealkylation sites (tertiary alicyclic amines) is 1. The summed E-state index contributed by atoms with van der Waals surface area (Å²) in [5.41, 5.74) is 0. The van der Waals surface area contributed by atoms with Gasteiger partial charge in [0.05, 0.1) is 6.54 Å². The molecule has 2 fully saturated rings. The summed E-state index contributed by atoms with van der Waals surface area (Å²) in [6.07, 6.45) is 6.79. The Hall–Kier alpha value is -1.30. The largest absolute Gasteiger partial charge is 0.341 e. The molecule has 1 atom stereocenters. The highest BCUT2D eigenvalue weighted by Gasteiger charge is 2.25. The van der Waals surface area contributed by atoms with E-state index in [9.17, 15) is 9.59 Å². The number of amides is 3. The first-order valence-corrected chi connectivity index (χ1v) is 8.15. The summed E-state index contributed by atoms with van der Waals surface area (Å²) in [7, 11) is 1.93. The van der Waals surface area contributed by atoms with E-state index in [0.29, 0.717) is 5.92 Å². The smallest absolute Gasteiger partial charge is 0.315 e. The maximum absolute atomic E-state index is 12.1. The minimum atomic E-state index is -0.207. The number of carbonyl (C=O) groups excluding carboxylic acids is 2. The molecule has 120 valence electrons. The van der Waals surface area contributed by atoms with Crippen LogP contribution in [-0.2, 0) is 4.79 Å². The van der Waals surface area contributed by atoms with Crippen LogP contribution < -0.4 is 16.0 Å². The molecule has 3 N–H and O–H groups in total. The minimum Gasteiger partial charge on any atom is -0.341 e. The highest BCUT2D eigenvalue weighted by Crippen LogP contribution is 2.17. The number of nitrogens with one attached hydrogen (secondary N) is 3. The van der Waals surface area contributed by atoms with Crippen molar-refractivity contribution in [3.8, 4) is 0 Å². The lowest BCUT2D eigenvalue weighted by Gasteiger charge is -2.23. The van der Waals surface area contributed by atoms with E-state index in [0.717, 1.165) is 38.9 Å². The maximum atomic E-state index is 12.1. The molecule has 21 heavy (non-hydrogen) atoms. The third kappa shape index (κ3) is 5.19. The lowest BCUT2D eigenvalue weighted by atomic mass is 9.96. The Balaban J connectivity index is 1.63. The summed E-state index contributed by atoms with van der Waals surface area (Å²) in [4.78, 5) is 25.7. The van der Waals surface area contributed by atoms with Crippen molar-refractivity contribution in [2.75, 3.05) is 33.2 Å². The van der Waals surface area contributed by atoms with E-state index in [2.05, 4.69) is 16.0 Å². The van der Waals surface area contributed by atoms with Crippen LogP contribution in [0, 0.1) is 5.92 Å². The number of urea groups is 1. The number of rotatable bonds is 5. The van der Waals surface area contributed by atoms with Gasteiger partial charge in [0.25, 0.3) is 0 Å². The average Bonchev–Trinajstić information content (AvgIpc) is 2.95. The normalized spacial score (nSPS) is 23.1. The van der Waals surface area contributed by atoms with Crippen LogP contribution in [0.15, 0.2) is 0 Å². The Morgan fingerprint density at radius 2 is 1.90 bits per heavy atom. The zero-order valence-corrected chi connectivity index (χ0v) is 13.0. The van der Waals surface area contributed by atoms with E-state index >= 15 is 0 Å². The van der Waals surface area contributed by atoms with Gasteiger partial charge in [0.1, 0.15) is 0 Å². The zero-order valence-electron chi connectivity index (χ0n) is 13.0. The molecule has 0 spiro atoms. The minimum absolute atomic E-state index is 0.0207. The van der Waals surface area contributed by atoms with E-state index < -0.39 is 0 Å². The lowest BCUT2D eigenvalue weighted by Crippen LogP contribution is -2.46. The molecular formula is C15H28N4O2. The Kier molecular flexibility index (Phi) is 6.29. The molecule has 1 unspecified atom stereocenters. The summed E-state index contributed by atoms with van der Waals surface area (Å²) >= 11 is 0. The molecule has 1 saturated carbocycles. The van der Waals surface area contributed by atoms with Gasteiger partial charge in [-0.25, -0.2) is 4.79 Å². The van der Waals surface area contributed by atoms with Crippen molar-refractivity contribution in [3.63, 3.8) is 0 Å². The van der Waals surface area contributed by atoms with Gasteiger partial charge in [0, 0.05) is 19.1 Å². The highest BCUT2D eigenvalue weighted by molar-refractivity contribution is 5.84. The van der Waals surface area contributed by atoms with Crippen molar-refractivity contribution in [2.45, 2.75) is 44.6 Å². The van der Waals surface area contributed by atoms with Crippen LogP contribution in [0.3, 0.4) is 0 Å². The SMILES string of the molecule is CNCC1CCN(C(=O)CNC(=O)NC2CCCCC2)C1. The fourth-order valence-electron chi connectivity index (χ4n) is 3.27. The van der Waals surface area contributed by atoms with Crippen LogP contribution in [0.1, 0.15) is 38.5 Å². The fraction of sp³-hybridized carbons (Fsp3) is 0.867. The molecule has 0 radical (unpaired) electrons. The molecule has 1 aliphatic heterocycles. The van der Waals surface area contributed by atoms with E-state index in [4.69, 9.17) is 0 Å². The molecule has 1 heterocycles. The molecule has 1 aliphatic carbocycles. The van der Waals surface area contributed by atoms with Gasteiger partial charge in [0.2, 0.25) is 5.91 Å². The van der Waals surface area contributed by atoms with Crippen molar-refractivity contribution < 1.29 is 9.59 Å². The van der Waals surface area contributed by atoms with Crippen LogP contribution in [0.5, 0.6) is 0 Å². The van der Waals surface area contributed by atoms with E-state index in [-0.39, 0.29) is 24.5 Å². The van der Waals surface area contributed by atoms with Crippen LogP contribution in [0.4, 0.5) is 4.79 Å². The molecule has 2 rings (SSSR count). The van der Waals surface area contributed by atoms with Gasteiger partial charge >= 0.3 is 6.03 Å². The standard InChI is InChI=1S/C15H28N4O2/c1-16-9-12-7-8-19(11-12)14(20)10-17-15(21)18-13-5-3-2-4-6-13/h12-13,16H,2-11H2,1H3,(H2,17,18,21). The fourth-order valence-corrected chi connectivity index (χ4v) is 3.27. The molecule has 1 saturated heterocycles. The summed E-state index contributed by atoms with van der Waals surface area (Å²) in [5, 5.41) is 8.81. The third-order valence-corrected chi connectivity index (χ3v) is 4.47. The van der Waals surface area contributed by atoms with Gasteiger partial charge in [-0.05, 0) is 38.8 Å². The molecule has 2 aliphatic rings. The average molecular weight is 296 g/mol. The van der Waals surface area contributed by atoms with Crippen molar-refractivity contribution in [1.29, 1.82) is 0 Å². The predicted octanol–water partition coefficient (Wildman–Crippen LogP) is 0.686. The van der Waals surface area contributed by atoms with E-state index in [1.807, 2.05) is 11.9 Å². The van der Waals surface area contributed by atoms with E-state index in [1.165, 1.54) is 19.3 Å². The Morgan fingerprint density at radius 3 is 2.62 bits per heavy atom. The molecule has 0 aromatic carbocycles. The molecule has 0 bridgehead atoms. The van der Waals surface area contributed by atoms with Crippen LogP contribution in [-0.4, -0.2) is 56.1 Å². The second-order valence-corrected chi connectivity index (χ2v) is 6.21. The lowest BCUT2D eigenvalue weighted by molar-refractivity contribution is -0.129. The summed E-state index contributed by atoms with van der Waals surface area (Å²) in [6.45, 7) is 2.65. The molecule has 0 aromatic heterocycles. The predicted molar refractivity (Wildman–Crippen MR) is 82.0 cm³/mol. The second kappa shape index (κ2) is 8.22.